The third kappa shape index (κ3) is 2.61. The Morgan fingerprint density at radius 1 is 1.40 bits per heavy atom. The van der Waals surface area contributed by atoms with Gasteiger partial charge in [-0.3, -0.25) is 0 Å². The summed E-state index contributed by atoms with van der Waals surface area (Å²) in [6.45, 7) is 1.96. The zero-order chi connectivity index (χ0) is 10.6. The van der Waals surface area contributed by atoms with Gasteiger partial charge in [0.05, 0.1) is 12.8 Å². The second-order valence-corrected chi connectivity index (χ2v) is 4.55. The molecule has 0 atom stereocenters. The van der Waals surface area contributed by atoms with Crippen LogP contribution in [-0.2, 0) is 6.54 Å². The fourth-order valence-electron chi connectivity index (χ4n) is 2.38. The van der Waals surface area contributed by atoms with Crippen molar-refractivity contribution in [3.63, 3.8) is 0 Å². The number of nitrogens with one attached hydrogen (secondary N) is 1. The lowest BCUT2D eigenvalue weighted by Crippen LogP contribution is -2.34. The van der Waals surface area contributed by atoms with Gasteiger partial charge >= 0.3 is 0 Å². The molecule has 1 aromatic heterocycles. The first-order valence-electron chi connectivity index (χ1n) is 5.69. The minimum absolute atomic E-state index is 0.132. The molecule has 1 aromatic rings. The molecular formula is C12H19NO2. The maximum absolute atomic E-state index is 9.41. The first-order chi connectivity index (χ1) is 7.35. The van der Waals surface area contributed by atoms with Gasteiger partial charge < -0.3 is 14.8 Å². The largest absolute Gasteiger partial charge is 0.468 e. The number of hydrogen-bond donors (Lipinski definition) is 2. The molecule has 3 heteroatoms. The molecule has 2 N–H and O–H groups in total. The molecule has 1 heterocycles. The Morgan fingerprint density at radius 2 is 2.20 bits per heavy atom. The Kier molecular flexibility index (Phi) is 3.44. The lowest BCUT2D eigenvalue weighted by atomic mass is 9.87. The van der Waals surface area contributed by atoms with Crippen molar-refractivity contribution in [3.8, 4) is 0 Å². The monoisotopic (exact) mass is 209 g/mol. The van der Waals surface area contributed by atoms with E-state index in [4.69, 9.17) is 4.42 Å². The van der Waals surface area contributed by atoms with Gasteiger partial charge in [-0.05, 0) is 25.0 Å². The maximum atomic E-state index is 9.41. The summed E-state index contributed by atoms with van der Waals surface area (Å²) in [7, 11) is 0. The van der Waals surface area contributed by atoms with Gasteiger partial charge in [-0.1, -0.05) is 12.8 Å². The maximum Gasteiger partial charge on any atom is 0.117 e. The van der Waals surface area contributed by atoms with Crippen LogP contribution in [0, 0.1) is 5.41 Å². The van der Waals surface area contributed by atoms with Crippen LogP contribution in [0.5, 0.6) is 0 Å². The van der Waals surface area contributed by atoms with Gasteiger partial charge in [0, 0.05) is 18.6 Å². The van der Waals surface area contributed by atoms with Gasteiger partial charge in [0.1, 0.15) is 5.76 Å². The van der Waals surface area contributed by atoms with Gasteiger partial charge in [-0.25, -0.2) is 0 Å². The molecule has 1 fully saturated rings. The predicted molar refractivity (Wildman–Crippen MR) is 58.4 cm³/mol. The van der Waals surface area contributed by atoms with Gasteiger partial charge in [-0.2, -0.15) is 0 Å². The van der Waals surface area contributed by atoms with Crippen molar-refractivity contribution < 1.29 is 9.52 Å². The summed E-state index contributed by atoms with van der Waals surface area (Å²) in [5.74, 6) is 0.959. The molecule has 0 spiro atoms. The van der Waals surface area contributed by atoms with E-state index < -0.39 is 0 Å². The van der Waals surface area contributed by atoms with E-state index >= 15 is 0 Å². The molecule has 0 aromatic carbocycles. The molecule has 0 aliphatic heterocycles. The van der Waals surface area contributed by atoms with Gasteiger partial charge in [0.25, 0.3) is 0 Å². The van der Waals surface area contributed by atoms with Crippen molar-refractivity contribution in [2.45, 2.75) is 32.2 Å². The van der Waals surface area contributed by atoms with E-state index in [-0.39, 0.29) is 5.41 Å². The van der Waals surface area contributed by atoms with Crippen LogP contribution >= 0.6 is 0 Å². The topological polar surface area (TPSA) is 45.4 Å². The minimum atomic E-state index is 0.132. The highest BCUT2D eigenvalue weighted by atomic mass is 16.3. The molecule has 1 aliphatic carbocycles. The first kappa shape index (κ1) is 10.7. The molecule has 0 saturated heterocycles. The van der Waals surface area contributed by atoms with Crippen LogP contribution in [0.25, 0.3) is 0 Å². The second-order valence-electron chi connectivity index (χ2n) is 4.55. The Balaban J connectivity index is 1.77. The van der Waals surface area contributed by atoms with E-state index in [9.17, 15) is 5.11 Å². The summed E-state index contributed by atoms with van der Waals surface area (Å²) in [5, 5.41) is 12.8. The van der Waals surface area contributed by atoms with Crippen LogP contribution < -0.4 is 5.32 Å². The average Bonchev–Trinajstić information content (AvgIpc) is 2.89. The molecule has 1 aliphatic rings. The highest BCUT2D eigenvalue weighted by Gasteiger charge is 2.32. The Hall–Kier alpha value is -0.800. The van der Waals surface area contributed by atoms with Crippen LogP contribution in [0.2, 0.25) is 0 Å². The highest BCUT2D eigenvalue weighted by Crippen LogP contribution is 2.36. The normalized spacial score (nSPS) is 19.5. The highest BCUT2D eigenvalue weighted by molar-refractivity contribution is 4.98. The second kappa shape index (κ2) is 4.81. The Morgan fingerprint density at radius 3 is 2.80 bits per heavy atom. The van der Waals surface area contributed by atoms with Gasteiger partial charge in [0.2, 0.25) is 0 Å². The van der Waals surface area contributed by atoms with E-state index in [1.54, 1.807) is 6.26 Å². The van der Waals surface area contributed by atoms with E-state index in [2.05, 4.69) is 5.32 Å². The van der Waals surface area contributed by atoms with Crippen molar-refractivity contribution in [2.24, 2.45) is 5.41 Å². The zero-order valence-electron chi connectivity index (χ0n) is 9.04. The zero-order valence-corrected chi connectivity index (χ0v) is 9.04. The van der Waals surface area contributed by atoms with E-state index in [0.29, 0.717) is 6.61 Å². The number of furan rings is 1. The van der Waals surface area contributed by atoms with Crippen LogP contribution in [0.15, 0.2) is 22.8 Å². The number of hydrogen-bond acceptors (Lipinski definition) is 3. The molecule has 15 heavy (non-hydrogen) atoms. The van der Waals surface area contributed by atoms with Gasteiger partial charge in [0.15, 0.2) is 0 Å². The third-order valence-electron chi connectivity index (χ3n) is 3.38. The molecular weight excluding hydrogens is 190 g/mol. The summed E-state index contributed by atoms with van der Waals surface area (Å²) in [5.41, 5.74) is 0.132. The van der Waals surface area contributed by atoms with Crippen molar-refractivity contribution in [2.75, 3.05) is 13.2 Å². The third-order valence-corrected chi connectivity index (χ3v) is 3.38. The average molecular weight is 209 g/mol. The van der Waals surface area contributed by atoms with E-state index in [0.717, 1.165) is 31.7 Å². The summed E-state index contributed by atoms with van der Waals surface area (Å²) >= 11 is 0. The van der Waals surface area contributed by atoms with Crippen molar-refractivity contribution in [1.82, 2.24) is 5.32 Å². The van der Waals surface area contributed by atoms with Crippen LogP contribution in [0.3, 0.4) is 0 Å². The van der Waals surface area contributed by atoms with Crippen molar-refractivity contribution in [1.29, 1.82) is 0 Å². The fraction of sp³-hybridized carbons (Fsp3) is 0.667. The first-order valence-corrected chi connectivity index (χ1v) is 5.69. The molecule has 0 bridgehead atoms. The molecule has 0 radical (unpaired) electrons. The summed E-state index contributed by atoms with van der Waals surface area (Å²) in [6.07, 6.45) is 6.49. The Bertz CT molecular complexity index is 276. The van der Waals surface area contributed by atoms with Crippen LogP contribution in [0.4, 0.5) is 0 Å². The number of aliphatic hydroxyl groups excluding tert-OH is 1. The molecule has 3 nitrogen and oxygen atoms in total. The van der Waals surface area contributed by atoms with Gasteiger partial charge in [-0.15, -0.1) is 0 Å². The van der Waals surface area contributed by atoms with Crippen molar-refractivity contribution >= 4 is 0 Å². The standard InChI is InChI=1S/C12H19NO2/c14-10-12(5-1-2-6-12)9-13-8-11-4-3-7-15-11/h3-4,7,13-14H,1-2,5-6,8-10H2. The SMILES string of the molecule is OCC1(CNCc2ccco2)CCCC1. The molecule has 84 valence electrons. The summed E-state index contributed by atoms with van der Waals surface area (Å²) in [4.78, 5) is 0. The van der Waals surface area contributed by atoms with E-state index in [1.807, 2.05) is 12.1 Å². The summed E-state index contributed by atoms with van der Waals surface area (Å²) < 4.78 is 5.24. The van der Waals surface area contributed by atoms with Crippen LogP contribution in [-0.4, -0.2) is 18.3 Å². The summed E-state index contributed by atoms with van der Waals surface area (Å²) in [6, 6.07) is 3.86. The Labute approximate surface area is 90.5 Å². The van der Waals surface area contributed by atoms with Crippen LogP contribution in [0.1, 0.15) is 31.4 Å². The number of rotatable bonds is 5. The predicted octanol–water partition coefficient (Wildman–Crippen LogP) is 1.92. The molecule has 1 saturated carbocycles. The number of aliphatic hydroxyl groups is 1. The smallest absolute Gasteiger partial charge is 0.117 e. The lowest BCUT2D eigenvalue weighted by molar-refractivity contribution is 0.127. The van der Waals surface area contributed by atoms with Crippen molar-refractivity contribution in [3.05, 3.63) is 24.2 Å². The quantitative estimate of drug-likeness (QED) is 0.778. The lowest BCUT2D eigenvalue weighted by Gasteiger charge is -2.26. The molecule has 0 amide bonds. The van der Waals surface area contributed by atoms with E-state index in [1.165, 1.54) is 12.8 Å². The molecule has 2 rings (SSSR count). The minimum Gasteiger partial charge on any atom is -0.468 e. The molecule has 0 unspecified atom stereocenters. The fourth-order valence-corrected chi connectivity index (χ4v) is 2.38.